The van der Waals surface area contributed by atoms with Crippen molar-refractivity contribution < 1.29 is 14.3 Å². The van der Waals surface area contributed by atoms with E-state index in [1.807, 2.05) is 70.5 Å². The lowest BCUT2D eigenvalue weighted by atomic mass is 10.1. The fourth-order valence-corrected chi connectivity index (χ4v) is 5.17. The predicted molar refractivity (Wildman–Crippen MR) is 144 cm³/mol. The van der Waals surface area contributed by atoms with Gasteiger partial charge >= 0.3 is 12.1 Å². The standard InChI is InChI=1S/C27H35N7O3/c1-17-15-23-19(3)21(9-12-34(23)30-17)29-25(35)33-11-8-20-22(7-10-28-24(20)33)31-13-14-32(18(2)16-31)26(36)37-27(4,5)6/h7,9-10,12,15,18H,8,11,13-14,16H2,1-6H3,(H,29,35)/t18-/m0/s1. The van der Waals surface area contributed by atoms with Crippen LogP contribution in [0.15, 0.2) is 30.6 Å². The van der Waals surface area contributed by atoms with Crippen molar-refractivity contribution in [2.45, 2.75) is 59.6 Å². The Morgan fingerprint density at radius 2 is 1.92 bits per heavy atom. The van der Waals surface area contributed by atoms with Gasteiger partial charge in [-0.05, 0) is 71.7 Å². The Bertz CT molecular complexity index is 1360. The molecule has 0 spiro atoms. The molecule has 37 heavy (non-hydrogen) atoms. The summed E-state index contributed by atoms with van der Waals surface area (Å²) in [5, 5.41) is 7.51. The molecule has 5 rings (SSSR count). The molecule has 1 atom stereocenters. The molecule has 0 aromatic carbocycles. The number of carbonyl (C=O) groups excluding carboxylic acids is 2. The highest BCUT2D eigenvalue weighted by Gasteiger charge is 2.34. The minimum Gasteiger partial charge on any atom is -0.444 e. The Hall–Kier alpha value is -3.82. The molecule has 1 fully saturated rings. The van der Waals surface area contributed by atoms with Crippen LogP contribution in [0.3, 0.4) is 0 Å². The summed E-state index contributed by atoms with van der Waals surface area (Å²) in [4.78, 5) is 36.3. The first-order valence-corrected chi connectivity index (χ1v) is 12.8. The quantitative estimate of drug-likeness (QED) is 0.555. The summed E-state index contributed by atoms with van der Waals surface area (Å²) in [7, 11) is 0. The first-order valence-electron chi connectivity index (χ1n) is 12.8. The van der Waals surface area contributed by atoms with Gasteiger partial charge in [-0.3, -0.25) is 4.90 Å². The van der Waals surface area contributed by atoms with Crippen LogP contribution in [0.2, 0.25) is 0 Å². The van der Waals surface area contributed by atoms with Crippen molar-refractivity contribution in [2.24, 2.45) is 0 Å². The van der Waals surface area contributed by atoms with Crippen molar-refractivity contribution in [3.63, 3.8) is 0 Å². The minimum atomic E-state index is -0.522. The van der Waals surface area contributed by atoms with E-state index in [0.717, 1.165) is 40.1 Å². The summed E-state index contributed by atoms with van der Waals surface area (Å²) in [6.07, 6.45) is 4.07. The Morgan fingerprint density at radius 1 is 1.14 bits per heavy atom. The number of rotatable bonds is 2. The highest BCUT2D eigenvalue weighted by Crippen LogP contribution is 2.35. The van der Waals surface area contributed by atoms with Gasteiger partial charge < -0.3 is 19.9 Å². The van der Waals surface area contributed by atoms with Gasteiger partial charge in [-0.1, -0.05) is 0 Å². The molecule has 196 valence electrons. The third-order valence-electron chi connectivity index (χ3n) is 6.96. The van der Waals surface area contributed by atoms with Crippen molar-refractivity contribution in [2.75, 3.05) is 41.3 Å². The van der Waals surface area contributed by atoms with Crippen LogP contribution in [0.25, 0.3) is 5.52 Å². The van der Waals surface area contributed by atoms with Crippen LogP contribution >= 0.6 is 0 Å². The molecule has 0 saturated carbocycles. The van der Waals surface area contributed by atoms with Crippen molar-refractivity contribution >= 4 is 34.8 Å². The number of piperazine rings is 1. The van der Waals surface area contributed by atoms with Gasteiger partial charge in [0.25, 0.3) is 0 Å². The molecule has 2 aliphatic heterocycles. The number of nitrogens with zero attached hydrogens (tertiary/aromatic N) is 6. The van der Waals surface area contributed by atoms with Gasteiger partial charge in [0.2, 0.25) is 0 Å². The summed E-state index contributed by atoms with van der Waals surface area (Å²) in [5.41, 5.74) is 5.24. The van der Waals surface area contributed by atoms with Crippen LogP contribution in [-0.4, -0.2) is 69.4 Å². The lowest BCUT2D eigenvalue weighted by Crippen LogP contribution is -2.55. The zero-order valence-corrected chi connectivity index (χ0v) is 22.4. The molecular formula is C27H35N7O3. The average molecular weight is 506 g/mol. The molecule has 10 nitrogen and oxygen atoms in total. The van der Waals surface area contributed by atoms with Crippen molar-refractivity contribution in [3.8, 4) is 0 Å². The SMILES string of the molecule is Cc1cc2c(C)c(NC(=O)N3CCc4c(N5CCN(C(=O)OC(C)(C)C)[C@@H](C)C5)ccnc43)ccn2n1. The summed E-state index contributed by atoms with van der Waals surface area (Å²) < 4.78 is 7.41. The number of hydrogen-bond donors (Lipinski definition) is 1. The zero-order valence-electron chi connectivity index (χ0n) is 22.4. The molecule has 0 unspecified atom stereocenters. The Morgan fingerprint density at radius 3 is 2.65 bits per heavy atom. The van der Waals surface area contributed by atoms with Crippen LogP contribution < -0.4 is 15.1 Å². The molecule has 3 amide bonds. The molecular weight excluding hydrogens is 470 g/mol. The Balaban J connectivity index is 1.31. The highest BCUT2D eigenvalue weighted by atomic mass is 16.6. The molecule has 5 heterocycles. The van der Waals surface area contributed by atoms with E-state index in [-0.39, 0.29) is 18.2 Å². The molecule has 0 aliphatic carbocycles. The second kappa shape index (κ2) is 9.24. The summed E-state index contributed by atoms with van der Waals surface area (Å²) in [6, 6.07) is 5.69. The molecule has 0 bridgehead atoms. The topological polar surface area (TPSA) is 95.3 Å². The van der Waals surface area contributed by atoms with Crippen LogP contribution in [0, 0.1) is 13.8 Å². The predicted octanol–water partition coefficient (Wildman–Crippen LogP) is 4.39. The van der Waals surface area contributed by atoms with Crippen LogP contribution in [0.4, 0.5) is 26.8 Å². The van der Waals surface area contributed by atoms with E-state index in [0.29, 0.717) is 32.0 Å². The van der Waals surface area contributed by atoms with E-state index in [1.165, 1.54) is 0 Å². The zero-order chi connectivity index (χ0) is 26.5. The van der Waals surface area contributed by atoms with Crippen molar-refractivity contribution in [1.29, 1.82) is 0 Å². The van der Waals surface area contributed by atoms with E-state index in [1.54, 1.807) is 16.0 Å². The van der Waals surface area contributed by atoms with E-state index >= 15 is 0 Å². The van der Waals surface area contributed by atoms with Gasteiger partial charge in [-0.2, -0.15) is 5.10 Å². The third kappa shape index (κ3) is 4.80. The van der Waals surface area contributed by atoms with Gasteiger partial charge in [0.05, 0.1) is 11.2 Å². The van der Waals surface area contributed by atoms with E-state index in [2.05, 4.69) is 20.3 Å². The number of urea groups is 1. The normalized spacial score (nSPS) is 17.8. The number of pyridine rings is 2. The molecule has 1 N–H and O–H groups in total. The van der Waals surface area contributed by atoms with Crippen LogP contribution in [0.5, 0.6) is 0 Å². The molecule has 3 aromatic heterocycles. The fraction of sp³-hybridized carbons (Fsp3) is 0.481. The second-order valence-electron chi connectivity index (χ2n) is 10.9. The molecule has 10 heteroatoms. The van der Waals surface area contributed by atoms with Gasteiger partial charge in [0.15, 0.2) is 0 Å². The van der Waals surface area contributed by atoms with Crippen molar-refractivity contribution in [1.82, 2.24) is 19.5 Å². The first kappa shape index (κ1) is 24.9. The molecule has 1 saturated heterocycles. The largest absolute Gasteiger partial charge is 0.444 e. The number of aromatic nitrogens is 3. The monoisotopic (exact) mass is 505 g/mol. The van der Waals surface area contributed by atoms with Crippen LogP contribution in [-0.2, 0) is 11.2 Å². The molecule has 0 radical (unpaired) electrons. The van der Waals surface area contributed by atoms with E-state index in [4.69, 9.17) is 4.74 Å². The lowest BCUT2D eigenvalue weighted by molar-refractivity contribution is 0.0159. The van der Waals surface area contributed by atoms with Gasteiger partial charge in [-0.25, -0.2) is 19.1 Å². The average Bonchev–Trinajstić information content (AvgIpc) is 3.43. The first-order chi connectivity index (χ1) is 17.5. The Labute approximate surface area is 217 Å². The second-order valence-corrected chi connectivity index (χ2v) is 10.9. The summed E-state index contributed by atoms with van der Waals surface area (Å²) in [6.45, 7) is 14.1. The summed E-state index contributed by atoms with van der Waals surface area (Å²) in [5.74, 6) is 0.691. The maximum Gasteiger partial charge on any atom is 0.410 e. The Kier molecular flexibility index (Phi) is 6.21. The maximum absolute atomic E-state index is 13.3. The van der Waals surface area contributed by atoms with Gasteiger partial charge in [0.1, 0.15) is 11.4 Å². The number of carbonyl (C=O) groups is 2. The number of nitrogens with one attached hydrogen (secondary N) is 1. The fourth-order valence-electron chi connectivity index (χ4n) is 5.17. The smallest absolute Gasteiger partial charge is 0.410 e. The highest BCUT2D eigenvalue weighted by molar-refractivity contribution is 6.03. The summed E-state index contributed by atoms with van der Waals surface area (Å²) >= 11 is 0. The maximum atomic E-state index is 13.3. The van der Waals surface area contributed by atoms with Crippen molar-refractivity contribution in [3.05, 3.63) is 47.4 Å². The number of aryl methyl sites for hydroxylation is 2. The number of ether oxygens (including phenoxy) is 1. The number of anilines is 3. The number of hydrogen-bond acceptors (Lipinski definition) is 6. The number of amides is 3. The van der Waals surface area contributed by atoms with Gasteiger partial charge in [-0.15, -0.1) is 0 Å². The van der Waals surface area contributed by atoms with Crippen LogP contribution in [0.1, 0.15) is 44.5 Å². The third-order valence-corrected chi connectivity index (χ3v) is 6.96. The molecule has 2 aliphatic rings. The number of fused-ring (bicyclic) bond motifs is 2. The van der Waals surface area contributed by atoms with E-state index in [9.17, 15) is 9.59 Å². The molecule has 3 aromatic rings. The van der Waals surface area contributed by atoms with Gasteiger partial charge in [0, 0.05) is 61.6 Å². The van der Waals surface area contributed by atoms with E-state index < -0.39 is 5.60 Å². The lowest BCUT2D eigenvalue weighted by Gasteiger charge is -2.41. The minimum absolute atomic E-state index is 0.00158.